The first-order valence-corrected chi connectivity index (χ1v) is 6.58. The van der Waals surface area contributed by atoms with Gasteiger partial charge < -0.3 is 15.2 Å². The van der Waals surface area contributed by atoms with Crippen LogP contribution in [0.25, 0.3) is 0 Å². The molecule has 1 heterocycles. The molecule has 9 heteroatoms. The number of carboxylic acids is 1. The zero-order valence-electron chi connectivity index (χ0n) is 11.6. The second kappa shape index (κ2) is 6.27. The maximum atomic E-state index is 12.2. The van der Waals surface area contributed by atoms with E-state index in [9.17, 15) is 27.6 Å². The second-order valence-electron chi connectivity index (χ2n) is 4.91. The Bertz CT molecular complexity index is 656. The molecule has 0 fully saturated rings. The molecule has 0 bridgehead atoms. The summed E-state index contributed by atoms with van der Waals surface area (Å²) in [6, 6.07) is 2.49. The van der Waals surface area contributed by atoms with Crippen LogP contribution >= 0.6 is 0 Å². The number of hydrogen-bond acceptors (Lipinski definition) is 4. The Kier molecular flexibility index (Phi) is 4.57. The number of Topliss-reactive ketones (excluding diaryl/α,β-unsaturated/α-hetero) is 1. The van der Waals surface area contributed by atoms with E-state index in [1.807, 2.05) is 0 Å². The number of halogens is 3. The molecule has 1 aromatic carbocycles. The van der Waals surface area contributed by atoms with E-state index in [0.29, 0.717) is 18.8 Å². The molecule has 0 saturated heterocycles. The lowest BCUT2D eigenvalue weighted by molar-refractivity contribution is -0.175. The molecule has 2 N–H and O–H groups in total. The smallest absolute Gasteiger partial charge is 0.471 e. The summed E-state index contributed by atoms with van der Waals surface area (Å²) in [6.07, 6.45) is -5.41. The highest BCUT2D eigenvalue weighted by Crippen LogP contribution is 2.26. The molecule has 6 nitrogen and oxygen atoms in total. The maximum absolute atomic E-state index is 12.2. The molecule has 124 valence electrons. The average molecular weight is 331 g/mol. The van der Waals surface area contributed by atoms with Crippen LogP contribution < -0.4 is 10.1 Å². The van der Waals surface area contributed by atoms with Gasteiger partial charge in [-0.3, -0.25) is 9.59 Å². The Balaban J connectivity index is 2.09. The number of alkyl halides is 3. The van der Waals surface area contributed by atoms with Crippen LogP contribution in [0, 0.1) is 0 Å². The van der Waals surface area contributed by atoms with Crippen LogP contribution in [0.1, 0.15) is 22.3 Å². The summed E-state index contributed by atoms with van der Waals surface area (Å²) in [5.74, 6) is -4.20. The lowest BCUT2D eigenvalue weighted by Crippen LogP contribution is -2.47. The molecule has 1 unspecified atom stereocenters. The van der Waals surface area contributed by atoms with Crippen molar-refractivity contribution in [3.63, 3.8) is 0 Å². The van der Waals surface area contributed by atoms with Crippen LogP contribution in [0.5, 0.6) is 5.75 Å². The monoisotopic (exact) mass is 331 g/mol. The minimum atomic E-state index is -5.22. The molecule has 0 aromatic heterocycles. The summed E-state index contributed by atoms with van der Waals surface area (Å²) in [5.41, 5.74) is 0.920. The van der Waals surface area contributed by atoms with Gasteiger partial charge in [0.1, 0.15) is 11.8 Å². The molecular weight excluding hydrogens is 319 g/mol. The van der Waals surface area contributed by atoms with Crippen LogP contribution in [0.15, 0.2) is 18.2 Å². The highest BCUT2D eigenvalue weighted by Gasteiger charge is 2.41. The average Bonchev–Trinajstić information content (AvgIpc) is 2.92. The van der Waals surface area contributed by atoms with Gasteiger partial charge in [-0.25, -0.2) is 4.79 Å². The number of ether oxygens (including phenoxy) is 1. The van der Waals surface area contributed by atoms with Gasteiger partial charge in [-0.2, -0.15) is 13.2 Å². The number of amides is 1. The van der Waals surface area contributed by atoms with Crippen molar-refractivity contribution >= 4 is 17.7 Å². The Morgan fingerprint density at radius 3 is 2.61 bits per heavy atom. The lowest BCUT2D eigenvalue weighted by atomic mass is 10.0. The molecule has 1 amide bonds. The predicted molar refractivity (Wildman–Crippen MR) is 70.2 cm³/mol. The van der Waals surface area contributed by atoms with Gasteiger partial charge in [0.25, 0.3) is 0 Å². The van der Waals surface area contributed by atoms with Gasteiger partial charge in [0.2, 0.25) is 0 Å². The first-order chi connectivity index (χ1) is 10.7. The fraction of sp³-hybridized carbons (Fsp3) is 0.357. The van der Waals surface area contributed by atoms with Crippen molar-refractivity contribution in [3.05, 3.63) is 29.3 Å². The number of carbonyl (C=O) groups is 3. The molecule has 1 atom stereocenters. The number of fused-ring (bicyclic) bond motifs is 1. The number of ketones is 1. The maximum Gasteiger partial charge on any atom is 0.471 e. The van der Waals surface area contributed by atoms with Gasteiger partial charge in [-0.15, -0.1) is 0 Å². The number of hydrogen-bond donors (Lipinski definition) is 2. The van der Waals surface area contributed by atoms with Crippen LogP contribution in [0.2, 0.25) is 0 Å². The predicted octanol–water partition coefficient (Wildman–Crippen LogP) is 1.33. The summed E-state index contributed by atoms with van der Waals surface area (Å²) < 4.78 is 41.8. The summed E-state index contributed by atoms with van der Waals surface area (Å²) in [5, 5.41) is 10.2. The van der Waals surface area contributed by atoms with Crippen molar-refractivity contribution in [1.82, 2.24) is 5.32 Å². The van der Waals surface area contributed by atoms with Crippen molar-refractivity contribution in [2.75, 3.05) is 6.61 Å². The van der Waals surface area contributed by atoms with E-state index in [-0.39, 0.29) is 5.56 Å². The first-order valence-electron chi connectivity index (χ1n) is 6.58. The largest absolute Gasteiger partial charge is 0.493 e. The molecule has 0 aliphatic carbocycles. The quantitative estimate of drug-likeness (QED) is 0.794. The van der Waals surface area contributed by atoms with Crippen LogP contribution in [0.3, 0.4) is 0 Å². The van der Waals surface area contributed by atoms with Gasteiger partial charge in [-0.1, -0.05) is 0 Å². The van der Waals surface area contributed by atoms with Gasteiger partial charge in [0.15, 0.2) is 5.78 Å². The van der Waals surface area contributed by atoms with E-state index in [0.717, 1.165) is 5.56 Å². The SMILES string of the molecule is O=C(CC(NC(=O)C(F)(F)F)C(=O)O)c1ccc2c(c1)CCO2. The minimum Gasteiger partial charge on any atom is -0.493 e. The van der Waals surface area contributed by atoms with Crippen LogP contribution in [-0.4, -0.2) is 41.6 Å². The van der Waals surface area contributed by atoms with Gasteiger partial charge in [0, 0.05) is 18.4 Å². The molecule has 2 rings (SSSR count). The zero-order chi connectivity index (χ0) is 17.2. The highest BCUT2D eigenvalue weighted by atomic mass is 19.4. The topological polar surface area (TPSA) is 92.7 Å². The zero-order valence-corrected chi connectivity index (χ0v) is 11.6. The lowest BCUT2D eigenvalue weighted by Gasteiger charge is -2.15. The number of benzene rings is 1. The van der Waals surface area contributed by atoms with Crippen molar-refractivity contribution < 1.29 is 37.4 Å². The van der Waals surface area contributed by atoms with E-state index < -0.39 is 36.3 Å². The molecule has 0 radical (unpaired) electrons. The van der Waals surface area contributed by atoms with Crippen molar-refractivity contribution in [2.45, 2.75) is 25.1 Å². The first kappa shape index (κ1) is 16.8. The summed E-state index contributed by atoms with van der Waals surface area (Å²) >= 11 is 0. The molecule has 1 aromatic rings. The summed E-state index contributed by atoms with van der Waals surface area (Å²) in [6.45, 7) is 0.465. The fourth-order valence-electron chi connectivity index (χ4n) is 2.10. The molecule has 23 heavy (non-hydrogen) atoms. The Labute approximate surface area is 128 Å². The number of carboxylic acid groups (broad SMARTS) is 1. The number of rotatable bonds is 5. The van der Waals surface area contributed by atoms with Crippen molar-refractivity contribution in [3.8, 4) is 5.75 Å². The van der Waals surface area contributed by atoms with E-state index >= 15 is 0 Å². The number of carbonyl (C=O) groups excluding carboxylic acids is 2. The Hall–Kier alpha value is -2.58. The molecule has 1 aliphatic heterocycles. The molecular formula is C14H12F3NO5. The normalized spacial score (nSPS) is 14.6. The van der Waals surface area contributed by atoms with Crippen LogP contribution in [-0.2, 0) is 16.0 Å². The van der Waals surface area contributed by atoms with E-state index in [1.54, 1.807) is 6.07 Å². The molecule has 0 saturated carbocycles. The fourth-order valence-corrected chi connectivity index (χ4v) is 2.10. The van der Waals surface area contributed by atoms with E-state index in [2.05, 4.69) is 0 Å². The molecule has 1 aliphatic rings. The number of nitrogens with one attached hydrogen (secondary N) is 1. The minimum absolute atomic E-state index is 0.154. The van der Waals surface area contributed by atoms with E-state index in [1.165, 1.54) is 17.4 Å². The number of aliphatic carboxylic acids is 1. The van der Waals surface area contributed by atoms with Crippen LogP contribution in [0.4, 0.5) is 13.2 Å². The molecule has 0 spiro atoms. The standard InChI is InChI=1S/C14H12F3NO5/c15-14(16,17)13(22)18-9(12(20)21)6-10(19)7-1-2-11-8(5-7)3-4-23-11/h1-2,5,9H,3-4,6H2,(H,18,22)(H,20,21). The summed E-state index contributed by atoms with van der Waals surface area (Å²) in [7, 11) is 0. The third kappa shape index (κ3) is 3.99. The summed E-state index contributed by atoms with van der Waals surface area (Å²) in [4.78, 5) is 33.8. The van der Waals surface area contributed by atoms with E-state index in [4.69, 9.17) is 9.84 Å². The Morgan fingerprint density at radius 1 is 1.30 bits per heavy atom. The van der Waals surface area contributed by atoms with Gasteiger partial charge >= 0.3 is 18.1 Å². The van der Waals surface area contributed by atoms with Crippen molar-refractivity contribution in [1.29, 1.82) is 0 Å². The Morgan fingerprint density at radius 2 is 2.00 bits per heavy atom. The van der Waals surface area contributed by atoms with Gasteiger partial charge in [-0.05, 0) is 23.8 Å². The third-order valence-electron chi connectivity index (χ3n) is 3.26. The second-order valence-corrected chi connectivity index (χ2v) is 4.91. The third-order valence-corrected chi connectivity index (χ3v) is 3.26. The van der Waals surface area contributed by atoms with Crippen molar-refractivity contribution in [2.24, 2.45) is 0 Å². The highest BCUT2D eigenvalue weighted by molar-refractivity contribution is 6.00. The van der Waals surface area contributed by atoms with Gasteiger partial charge in [0.05, 0.1) is 6.61 Å².